The maximum Gasteiger partial charge on any atom is 0.253 e. The monoisotopic (exact) mass is 414 g/mol. The van der Waals surface area contributed by atoms with Gasteiger partial charge in [-0.05, 0) is 25.1 Å². The molecule has 4 aromatic rings. The van der Waals surface area contributed by atoms with Crippen molar-refractivity contribution in [3.8, 4) is 28.3 Å². The summed E-state index contributed by atoms with van der Waals surface area (Å²) >= 11 is 0. The largest absolute Gasteiger partial charge is 0.493 e. The Labute approximate surface area is 179 Å². The van der Waals surface area contributed by atoms with Gasteiger partial charge in [0.1, 0.15) is 0 Å². The predicted molar refractivity (Wildman–Crippen MR) is 118 cm³/mol. The SMILES string of the molecule is COc1cccc(-c2c3c(nc4c2c(C)nn4-c2ccccc2)CCNC3=O)c1OC. The Morgan fingerprint density at radius 2 is 1.81 bits per heavy atom. The van der Waals surface area contributed by atoms with Crippen molar-refractivity contribution >= 4 is 16.9 Å². The zero-order chi connectivity index (χ0) is 21.5. The molecule has 0 spiro atoms. The van der Waals surface area contributed by atoms with Crippen LogP contribution in [0.4, 0.5) is 0 Å². The summed E-state index contributed by atoms with van der Waals surface area (Å²) in [5.74, 6) is 1.04. The lowest BCUT2D eigenvalue weighted by molar-refractivity contribution is 0.0946. The molecule has 0 fully saturated rings. The number of hydrogen-bond donors (Lipinski definition) is 1. The molecule has 7 nitrogen and oxygen atoms in total. The number of amides is 1. The number of methoxy groups -OCH3 is 2. The number of benzene rings is 2. The molecule has 1 aliphatic rings. The van der Waals surface area contributed by atoms with Crippen LogP contribution in [0.25, 0.3) is 27.8 Å². The van der Waals surface area contributed by atoms with Crippen LogP contribution in [-0.2, 0) is 6.42 Å². The van der Waals surface area contributed by atoms with Gasteiger partial charge in [-0.2, -0.15) is 5.10 Å². The maximum absolute atomic E-state index is 13.0. The second-order valence-corrected chi connectivity index (χ2v) is 7.39. The van der Waals surface area contributed by atoms with E-state index in [0.717, 1.165) is 39.2 Å². The van der Waals surface area contributed by atoms with Gasteiger partial charge in [-0.1, -0.05) is 30.3 Å². The summed E-state index contributed by atoms with van der Waals surface area (Å²) in [6, 6.07) is 15.6. The van der Waals surface area contributed by atoms with Crippen LogP contribution in [0.3, 0.4) is 0 Å². The summed E-state index contributed by atoms with van der Waals surface area (Å²) in [5.41, 5.74) is 5.29. The van der Waals surface area contributed by atoms with Crippen molar-refractivity contribution in [2.75, 3.05) is 20.8 Å². The summed E-state index contributed by atoms with van der Waals surface area (Å²) < 4.78 is 13.1. The van der Waals surface area contributed by atoms with Crippen molar-refractivity contribution < 1.29 is 14.3 Å². The van der Waals surface area contributed by atoms with Gasteiger partial charge in [0.25, 0.3) is 5.91 Å². The molecule has 0 bridgehead atoms. The van der Waals surface area contributed by atoms with Crippen molar-refractivity contribution in [2.45, 2.75) is 13.3 Å². The Morgan fingerprint density at radius 3 is 2.55 bits per heavy atom. The first-order valence-electron chi connectivity index (χ1n) is 10.1. The Morgan fingerprint density at radius 1 is 1.00 bits per heavy atom. The molecule has 31 heavy (non-hydrogen) atoms. The topological polar surface area (TPSA) is 78.3 Å². The molecule has 1 N–H and O–H groups in total. The average molecular weight is 414 g/mol. The molecule has 1 amide bonds. The first-order chi connectivity index (χ1) is 15.1. The smallest absolute Gasteiger partial charge is 0.253 e. The van der Waals surface area contributed by atoms with Gasteiger partial charge in [-0.15, -0.1) is 0 Å². The van der Waals surface area contributed by atoms with Crippen molar-refractivity contribution in [3.05, 3.63) is 65.5 Å². The fourth-order valence-electron chi connectivity index (χ4n) is 4.27. The van der Waals surface area contributed by atoms with E-state index in [-0.39, 0.29) is 5.91 Å². The second kappa shape index (κ2) is 7.43. The molecule has 0 saturated heterocycles. The molecule has 7 heteroatoms. The standard InChI is InChI=1S/C24H22N4O3/c1-14-19-20(16-10-7-11-18(30-2)22(16)31-3)21-17(12-13-25-24(21)29)26-23(19)28(27-14)15-8-5-4-6-9-15/h4-11H,12-13H2,1-3H3,(H,25,29). The summed E-state index contributed by atoms with van der Waals surface area (Å²) in [6.45, 7) is 2.49. The van der Waals surface area contributed by atoms with E-state index in [0.29, 0.717) is 30.0 Å². The number of para-hydroxylation sites is 2. The van der Waals surface area contributed by atoms with Crippen LogP contribution in [0.1, 0.15) is 21.7 Å². The van der Waals surface area contributed by atoms with Crippen LogP contribution < -0.4 is 14.8 Å². The zero-order valence-electron chi connectivity index (χ0n) is 17.6. The second-order valence-electron chi connectivity index (χ2n) is 7.39. The fourth-order valence-corrected chi connectivity index (χ4v) is 4.27. The van der Waals surface area contributed by atoms with E-state index in [2.05, 4.69) is 5.32 Å². The van der Waals surface area contributed by atoms with Crippen LogP contribution in [0.5, 0.6) is 11.5 Å². The van der Waals surface area contributed by atoms with E-state index in [1.807, 2.05) is 60.1 Å². The fraction of sp³-hybridized carbons (Fsp3) is 0.208. The van der Waals surface area contributed by atoms with E-state index < -0.39 is 0 Å². The number of carbonyl (C=O) groups is 1. The third-order valence-electron chi connectivity index (χ3n) is 5.61. The molecule has 2 aromatic carbocycles. The normalized spacial score (nSPS) is 13.1. The number of aryl methyl sites for hydroxylation is 1. The first-order valence-corrected chi connectivity index (χ1v) is 10.1. The minimum atomic E-state index is -0.137. The quantitative estimate of drug-likeness (QED) is 0.551. The molecule has 5 rings (SSSR count). The van der Waals surface area contributed by atoms with Gasteiger partial charge in [0.15, 0.2) is 17.1 Å². The maximum atomic E-state index is 13.0. The molecular formula is C24H22N4O3. The molecule has 3 heterocycles. The number of hydrogen-bond acceptors (Lipinski definition) is 5. The van der Waals surface area contributed by atoms with Crippen molar-refractivity contribution in [1.29, 1.82) is 0 Å². The van der Waals surface area contributed by atoms with Gasteiger partial charge in [0, 0.05) is 24.1 Å². The minimum Gasteiger partial charge on any atom is -0.493 e. The van der Waals surface area contributed by atoms with Gasteiger partial charge in [-0.3, -0.25) is 4.79 Å². The highest BCUT2D eigenvalue weighted by Crippen LogP contribution is 2.44. The molecular weight excluding hydrogens is 392 g/mol. The molecule has 0 unspecified atom stereocenters. The molecule has 0 atom stereocenters. The predicted octanol–water partition coefficient (Wildman–Crippen LogP) is 3.70. The van der Waals surface area contributed by atoms with Crippen molar-refractivity contribution in [3.63, 3.8) is 0 Å². The summed E-state index contributed by atoms with van der Waals surface area (Å²) in [6.07, 6.45) is 0.648. The van der Waals surface area contributed by atoms with Crippen LogP contribution in [0, 0.1) is 6.92 Å². The first kappa shape index (κ1) is 19.1. The van der Waals surface area contributed by atoms with Crippen LogP contribution >= 0.6 is 0 Å². The zero-order valence-corrected chi connectivity index (χ0v) is 17.6. The lowest BCUT2D eigenvalue weighted by Crippen LogP contribution is -2.33. The highest BCUT2D eigenvalue weighted by molar-refractivity contribution is 6.11. The summed E-state index contributed by atoms with van der Waals surface area (Å²) in [5, 5.41) is 8.57. The molecule has 1 aliphatic heterocycles. The van der Waals surface area contributed by atoms with Crippen LogP contribution in [0.15, 0.2) is 48.5 Å². The van der Waals surface area contributed by atoms with Gasteiger partial charge >= 0.3 is 0 Å². The van der Waals surface area contributed by atoms with Crippen molar-refractivity contribution in [1.82, 2.24) is 20.1 Å². The van der Waals surface area contributed by atoms with E-state index in [1.165, 1.54) is 0 Å². The Kier molecular flexibility index (Phi) is 4.58. The number of aromatic nitrogens is 3. The Hall–Kier alpha value is -3.87. The highest BCUT2D eigenvalue weighted by Gasteiger charge is 2.30. The summed E-state index contributed by atoms with van der Waals surface area (Å²) in [4.78, 5) is 17.9. The number of fused-ring (bicyclic) bond motifs is 2. The molecule has 2 aromatic heterocycles. The van der Waals surface area contributed by atoms with Gasteiger partial charge < -0.3 is 14.8 Å². The third kappa shape index (κ3) is 2.92. The van der Waals surface area contributed by atoms with Crippen LogP contribution in [0.2, 0.25) is 0 Å². The number of ether oxygens (including phenoxy) is 2. The highest BCUT2D eigenvalue weighted by atomic mass is 16.5. The molecule has 0 saturated carbocycles. The van der Waals surface area contributed by atoms with E-state index >= 15 is 0 Å². The number of carbonyl (C=O) groups excluding carboxylic acids is 1. The van der Waals surface area contributed by atoms with E-state index in [9.17, 15) is 4.79 Å². The lowest BCUT2D eigenvalue weighted by atomic mass is 9.91. The van der Waals surface area contributed by atoms with Crippen molar-refractivity contribution in [2.24, 2.45) is 0 Å². The van der Waals surface area contributed by atoms with Gasteiger partial charge in [-0.25, -0.2) is 9.67 Å². The molecule has 0 radical (unpaired) electrons. The number of nitrogens with zero attached hydrogens (tertiary/aromatic N) is 3. The molecule has 156 valence electrons. The Bertz CT molecular complexity index is 1310. The number of pyridine rings is 1. The number of nitrogens with one attached hydrogen (secondary N) is 1. The minimum absolute atomic E-state index is 0.137. The van der Waals surface area contributed by atoms with Crippen LogP contribution in [-0.4, -0.2) is 41.4 Å². The van der Waals surface area contributed by atoms with Gasteiger partial charge in [0.2, 0.25) is 0 Å². The lowest BCUT2D eigenvalue weighted by Gasteiger charge is -2.22. The van der Waals surface area contributed by atoms with E-state index in [4.69, 9.17) is 19.6 Å². The molecule has 0 aliphatic carbocycles. The third-order valence-corrected chi connectivity index (χ3v) is 5.61. The van der Waals surface area contributed by atoms with Gasteiger partial charge in [0.05, 0.1) is 42.2 Å². The van der Waals surface area contributed by atoms with E-state index in [1.54, 1.807) is 14.2 Å². The summed E-state index contributed by atoms with van der Waals surface area (Å²) in [7, 11) is 3.21. The number of rotatable bonds is 4. The Balaban J connectivity index is 1.93. The average Bonchev–Trinajstić information content (AvgIpc) is 3.14.